The Morgan fingerprint density at radius 3 is 2.81 bits per heavy atom. The summed E-state index contributed by atoms with van der Waals surface area (Å²) in [6, 6.07) is 5.49. The number of carbonyl (C=O) groups is 3. The van der Waals surface area contributed by atoms with E-state index in [1.165, 1.54) is 0 Å². The van der Waals surface area contributed by atoms with Crippen molar-refractivity contribution in [2.24, 2.45) is 5.73 Å². The van der Waals surface area contributed by atoms with Crippen molar-refractivity contribution in [1.29, 1.82) is 0 Å². The lowest BCUT2D eigenvalue weighted by Gasteiger charge is -2.34. The van der Waals surface area contributed by atoms with Crippen molar-refractivity contribution in [3.63, 3.8) is 0 Å². The Balaban J connectivity index is 1.63. The van der Waals surface area contributed by atoms with Gasteiger partial charge in [0.1, 0.15) is 12.1 Å². The summed E-state index contributed by atoms with van der Waals surface area (Å²) in [5.41, 5.74) is 5.87. The molecule has 0 radical (unpaired) electrons. The van der Waals surface area contributed by atoms with Crippen LogP contribution in [0.15, 0.2) is 24.3 Å². The predicted octanol–water partition coefficient (Wildman–Crippen LogP) is 0.667. The number of benzene rings is 1. The Hall–Kier alpha value is -2.12. The zero-order valence-corrected chi connectivity index (χ0v) is 15.2. The lowest BCUT2D eigenvalue weighted by atomic mass is 10.0. The summed E-state index contributed by atoms with van der Waals surface area (Å²) in [5.74, 6) is -0.536. The quantitative estimate of drug-likeness (QED) is 0.632. The number of amides is 3. The number of nitrogens with two attached hydrogens (primary N) is 1. The molecule has 2 saturated heterocycles. The molecule has 0 spiro atoms. The van der Waals surface area contributed by atoms with Gasteiger partial charge in [-0.2, -0.15) is 0 Å². The highest BCUT2D eigenvalue weighted by molar-refractivity contribution is 6.33. The van der Waals surface area contributed by atoms with Gasteiger partial charge in [-0.3, -0.25) is 14.4 Å². The van der Waals surface area contributed by atoms with Gasteiger partial charge in [0.2, 0.25) is 11.8 Å². The Morgan fingerprint density at radius 1 is 1.31 bits per heavy atom. The third kappa shape index (κ3) is 3.83. The predicted molar refractivity (Wildman–Crippen MR) is 97.7 cm³/mol. The van der Waals surface area contributed by atoms with Crippen LogP contribution in [0, 0.1) is 0 Å². The fourth-order valence-electron chi connectivity index (χ4n) is 3.56. The Morgan fingerprint density at radius 2 is 2.08 bits per heavy atom. The minimum Gasteiger partial charge on any atom is -0.347 e. The third-order valence-electron chi connectivity index (χ3n) is 4.90. The van der Waals surface area contributed by atoms with Gasteiger partial charge in [0.15, 0.2) is 0 Å². The third-order valence-corrected chi connectivity index (χ3v) is 5.23. The number of piperazine rings is 1. The molecule has 2 aliphatic heterocycles. The van der Waals surface area contributed by atoms with Gasteiger partial charge in [-0.05, 0) is 44.4 Å². The van der Waals surface area contributed by atoms with Crippen molar-refractivity contribution in [3.8, 4) is 0 Å². The summed E-state index contributed by atoms with van der Waals surface area (Å²) in [6.07, 6.45) is 2.60. The maximum Gasteiger partial charge on any atom is 0.253 e. The molecule has 0 unspecified atom stereocenters. The van der Waals surface area contributed by atoms with Crippen LogP contribution in [0.2, 0.25) is 5.02 Å². The van der Waals surface area contributed by atoms with Gasteiger partial charge in [0.25, 0.3) is 5.91 Å². The highest BCUT2D eigenvalue weighted by Crippen LogP contribution is 2.25. The molecule has 2 fully saturated rings. The summed E-state index contributed by atoms with van der Waals surface area (Å²) >= 11 is 6.05. The van der Waals surface area contributed by atoms with Crippen LogP contribution >= 0.6 is 11.6 Å². The molecule has 7 nitrogen and oxygen atoms in total. The van der Waals surface area contributed by atoms with Gasteiger partial charge in [0.05, 0.1) is 10.6 Å². The number of fused-ring (bicyclic) bond motifs is 1. The topological polar surface area (TPSA) is 105 Å². The van der Waals surface area contributed by atoms with Crippen molar-refractivity contribution < 1.29 is 14.4 Å². The summed E-state index contributed by atoms with van der Waals surface area (Å²) in [4.78, 5) is 39.0. The number of unbranched alkanes of at least 4 members (excludes halogenated alkanes) is 1. The van der Waals surface area contributed by atoms with E-state index < -0.39 is 12.1 Å². The Bertz CT molecular complexity index is 711. The first-order valence-electron chi connectivity index (χ1n) is 8.87. The highest BCUT2D eigenvalue weighted by atomic mass is 35.5. The van der Waals surface area contributed by atoms with E-state index in [1.54, 1.807) is 29.2 Å². The molecular weight excluding hydrogens is 356 g/mol. The van der Waals surface area contributed by atoms with Crippen LogP contribution in [0.3, 0.4) is 0 Å². The van der Waals surface area contributed by atoms with Crippen molar-refractivity contribution in [2.75, 3.05) is 13.1 Å². The van der Waals surface area contributed by atoms with E-state index in [0.29, 0.717) is 36.5 Å². The van der Waals surface area contributed by atoms with Gasteiger partial charge in [-0.1, -0.05) is 23.7 Å². The van der Waals surface area contributed by atoms with Crippen LogP contribution in [0.4, 0.5) is 0 Å². The average Bonchev–Trinajstić information content (AvgIpc) is 3.04. The van der Waals surface area contributed by atoms with Gasteiger partial charge >= 0.3 is 0 Å². The summed E-state index contributed by atoms with van der Waals surface area (Å²) in [6.45, 7) is 0.901. The molecule has 2 heterocycles. The van der Waals surface area contributed by atoms with E-state index in [0.717, 1.165) is 12.8 Å². The number of rotatable bonds is 6. The molecule has 140 valence electrons. The van der Waals surface area contributed by atoms with Crippen LogP contribution in [0.5, 0.6) is 0 Å². The van der Waals surface area contributed by atoms with Crippen molar-refractivity contribution in [2.45, 2.75) is 43.8 Å². The first kappa shape index (κ1) is 18.7. The first-order chi connectivity index (χ1) is 12.5. The molecule has 1 aromatic rings. The summed E-state index contributed by atoms with van der Waals surface area (Å²) in [7, 11) is 0. The van der Waals surface area contributed by atoms with Crippen LogP contribution in [-0.4, -0.2) is 53.8 Å². The van der Waals surface area contributed by atoms with Crippen LogP contribution in [0.1, 0.15) is 36.0 Å². The molecule has 0 saturated carbocycles. The van der Waals surface area contributed by atoms with E-state index >= 15 is 0 Å². The minimum absolute atomic E-state index is 0.0823. The van der Waals surface area contributed by atoms with Gasteiger partial charge in [-0.25, -0.2) is 0 Å². The number of hydrogen-bond donors (Lipinski definition) is 3. The second-order valence-electron chi connectivity index (χ2n) is 6.74. The largest absolute Gasteiger partial charge is 0.347 e. The van der Waals surface area contributed by atoms with Crippen molar-refractivity contribution in [3.05, 3.63) is 34.9 Å². The maximum atomic E-state index is 12.6. The minimum atomic E-state index is -0.523. The first-order valence-corrected chi connectivity index (χ1v) is 9.25. The number of halogens is 1. The molecule has 0 aromatic heterocycles. The molecule has 4 N–H and O–H groups in total. The highest BCUT2D eigenvalue weighted by Gasteiger charge is 2.46. The average molecular weight is 379 g/mol. The molecule has 0 bridgehead atoms. The van der Waals surface area contributed by atoms with E-state index in [4.69, 9.17) is 17.3 Å². The van der Waals surface area contributed by atoms with Crippen LogP contribution in [0.25, 0.3) is 0 Å². The number of carbonyl (C=O) groups excluding carboxylic acids is 3. The monoisotopic (exact) mass is 378 g/mol. The van der Waals surface area contributed by atoms with Crippen LogP contribution < -0.4 is 16.4 Å². The van der Waals surface area contributed by atoms with Crippen molar-refractivity contribution >= 4 is 29.3 Å². The fourth-order valence-corrected chi connectivity index (χ4v) is 3.78. The molecule has 1 aromatic carbocycles. The van der Waals surface area contributed by atoms with E-state index in [1.807, 2.05) is 0 Å². The van der Waals surface area contributed by atoms with E-state index in [-0.39, 0.29) is 23.8 Å². The number of nitrogens with zero attached hydrogens (tertiary/aromatic N) is 1. The Kier molecular flexibility index (Phi) is 5.78. The lowest BCUT2D eigenvalue weighted by molar-refractivity contribution is -0.147. The SMILES string of the molecule is NCCCC[C@@H]1NC(=O)[C@@H]2C[C@H](NC(=O)c3ccccc3Cl)CN2C1=O. The standard InChI is InChI=1S/C18H23ClN4O3/c19-13-6-2-1-5-12(13)16(24)21-11-9-15-17(25)22-14(7-3-4-8-20)18(26)23(15)10-11/h1-2,5-6,11,14-15H,3-4,7-10,20H2,(H,21,24)(H,22,25)/t11-,14-,15-/m0/s1. The van der Waals surface area contributed by atoms with Crippen molar-refractivity contribution in [1.82, 2.24) is 15.5 Å². The smallest absolute Gasteiger partial charge is 0.253 e. The zero-order chi connectivity index (χ0) is 18.7. The number of hydrogen-bond acceptors (Lipinski definition) is 4. The summed E-state index contributed by atoms with van der Waals surface area (Å²) in [5, 5.41) is 6.06. The second-order valence-corrected chi connectivity index (χ2v) is 7.15. The second kappa shape index (κ2) is 8.05. The molecule has 3 atom stereocenters. The zero-order valence-electron chi connectivity index (χ0n) is 14.4. The Labute approximate surface area is 157 Å². The molecule has 3 rings (SSSR count). The number of nitrogens with one attached hydrogen (secondary N) is 2. The molecule has 3 amide bonds. The lowest BCUT2D eigenvalue weighted by Crippen LogP contribution is -2.61. The molecular formula is C18H23ClN4O3. The van der Waals surface area contributed by atoms with Gasteiger partial charge in [-0.15, -0.1) is 0 Å². The molecule has 26 heavy (non-hydrogen) atoms. The fraction of sp³-hybridized carbons (Fsp3) is 0.500. The molecule has 0 aliphatic carbocycles. The normalized spacial score (nSPS) is 25.0. The van der Waals surface area contributed by atoms with E-state index in [9.17, 15) is 14.4 Å². The maximum absolute atomic E-state index is 12.6. The summed E-state index contributed by atoms with van der Waals surface area (Å²) < 4.78 is 0. The molecule has 2 aliphatic rings. The molecule has 8 heteroatoms. The van der Waals surface area contributed by atoms with Gasteiger partial charge < -0.3 is 21.3 Å². The van der Waals surface area contributed by atoms with E-state index in [2.05, 4.69) is 10.6 Å². The van der Waals surface area contributed by atoms with Gasteiger partial charge in [0, 0.05) is 12.6 Å². The van der Waals surface area contributed by atoms with Crippen LogP contribution in [-0.2, 0) is 9.59 Å².